The van der Waals surface area contributed by atoms with Crippen LogP contribution in [-0.2, 0) is 9.53 Å². The number of pyridine rings is 1. The number of morpholine rings is 1. The molecule has 0 aliphatic carbocycles. The van der Waals surface area contributed by atoms with E-state index in [9.17, 15) is 4.79 Å². The number of amides is 1. The van der Waals surface area contributed by atoms with Gasteiger partial charge in [0, 0.05) is 42.5 Å². The Morgan fingerprint density at radius 1 is 1.26 bits per heavy atom. The third-order valence-electron chi connectivity index (χ3n) is 4.75. The maximum Gasteiger partial charge on any atom is 0.227 e. The Bertz CT molecular complexity index is 696. The molecule has 4 rings (SSSR count). The molecule has 5 nitrogen and oxygen atoms in total. The Morgan fingerprint density at radius 2 is 2.13 bits per heavy atom. The average Bonchev–Trinajstić information content (AvgIpc) is 3.10. The summed E-state index contributed by atoms with van der Waals surface area (Å²) in [5.41, 5.74) is 0. The normalized spacial score (nSPS) is 22.5. The number of anilines is 1. The molecule has 6 heteroatoms. The van der Waals surface area contributed by atoms with Gasteiger partial charge in [0.25, 0.3) is 0 Å². The molecule has 1 amide bonds. The average molecular weight is 331 g/mol. The Balaban J connectivity index is 1.52. The Hall–Kier alpha value is -1.66. The molecule has 0 N–H and O–H groups in total. The van der Waals surface area contributed by atoms with E-state index >= 15 is 0 Å². The Morgan fingerprint density at radius 3 is 3.00 bits per heavy atom. The number of hydrogen-bond donors (Lipinski definition) is 0. The van der Waals surface area contributed by atoms with Crippen molar-refractivity contribution >= 4 is 33.1 Å². The minimum absolute atomic E-state index is 0.0811. The summed E-state index contributed by atoms with van der Waals surface area (Å²) in [5.74, 6) is 1.40. The molecule has 2 saturated heterocycles. The number of ether oxygens (including phenoxy) is 1. The molecule has 0 saturated carbocycles. The van der Waals surface area contributed by atoms with E-state index in [0.717, 1.165) is 44.8 Å². The first-order valence-corrected chi connectivity index (χ1v) is 9.14. The molecule has 122 valence electrons. The molecule has 2 aliphatic rings. The molecular weight excluding hydrogens is 310 g/mol. The van der Waals surface area contributed by atoms with Gasteiger partial charge in [0.1, 0.15) is 5.82 Å². The first-order valence-electron chi connectivity index (χ1n) is 8.26. The van der Waals surface area contributed by atoms with Crippen molar-refractivity contribution in [1.29, 1.82) is 0 Å². The lowest BCUT2D eigenvalue weighted by Crippen LogP contribution is -2.48. The fourth-order valence-electron chi connectivity index (χ4n) is 3.54. The van der Waals surface area contributed by atoms with E-state index in [1.54, 1.807) is 11.3 Å². The topological polar surface area (TPSA) is 45.7 Å². The molecule has 2 fully saturated rings. The highest BCUT2D eigenvalue weighted by molar-refractivity contribution is 7.17. The van der Waals surface area contributed by atoms with E-state index in [0.29, 0.717) is 13.2 Å². The van der Waals surface area contributed by atoms with Crippen LogP contribution in [-0.4, -0.2) is 55.2 Å². The number of rotatable bonds is 2. The first-order chi connectivity index (χ1) is 11.3. The number of nitrogens with zero attached hydrogens (tertiary/aromatic N) is 3. The van der Waals surface area contributed by atoms with Crippen LogP contribution in [0.4, 0.5) is 5.82 Å². The van der Waals surface area contributed by atoms with Crippen molar-refractivity contribution < 1.29 is 9.53 Å². The molecule has 0 bridgehead atoms. The fourth-order valence-corrected chi connectivity index (χ4v) is 4.32. The van der Waals surface area contributed by atoms with Crippen LogP contribution in [0.5, 0.6) is 0 Å². The number of carbonyl (C=O) groups excluding carboxylic acids is 1. The third-order valence-corrected chi connectivity index (χ3v) is 5.63. The van der Waals surface area contributed by atoms with Gasteiger partial charge >= 0.3 is 0 Å². The van der Waals surface area contributed by atoms with Crippen LogP contribution in [0.15, 0.2) is 23.7 Å². The largest absolute Gasteiger partial charge is 0.378 e. The van der Waals surface area contributed by atoms with Gasteiger partial charge in [-0.1, -0.05) is 0 Å². The van der Waals surface area contributed by atoms with Gasteiger partial charge in [-0.3, -0.25) is 4.79 Å². The summed E-state index contributed by atoms with van der Waals surface area (Å²) in [7, 11) is 0. The van der Waals surface area contributed by atoms with E-state index in [-0.39, 0.29) is 11.8 Å². The van der Waals surface area contributed by atoms with Crippen LogP contribution >= 0.6 is 11.3 Å². The van der Waals surface area contributed by atoms with Gasteiger partial charge in [0.05, 0.1) is 19.1 Å². The van der Waals surface area contributed by atoms with Crippen LogP contribution in [0.25, 0.3) is 10.1 Å². The summed E-state index contributed by atoms with van der Waals surface area (Å²) >= 11 is 1.74. The van der Waals surface area contributed by atoms with E-state index in [1.807, 2.05) is 11.1 Å². The maximum atomic E-state index is 12.8. The Labute approximate surface area is 139 Å². The van der Waals surface area contributed by atoms with E-state index < -0.39 is 0 Å². The van der Waals surface area contributed by atoms with E-state index in [4.69, 9.17) is 4.74 Å². The lowest BCUT2D eigenvalue weighted by molar-refractivity contribution is -0.139. The van der Waals surface area contributed by atoms with Crippen molar-refractivity contribution in [1.82, 2.24) is 9.88 Å². The highest BCUT2D eigenvalue weighted by Gasteiger charge is 2.31. The van der Waals surface area contributed by atoms with Crippen molar-refractivity contribution in [3.8, 4) is 0 Å². The van der Waals surface area contributed by atoms with Crippen molar-refractivity contribution in [2.45, 2.75) is 12.8 Å². The molecule has 0 aromatic carbocycles. The van der Waals surface area contributed by atoms with Gasteiger partial charge < -0.3 is 14.5 Å². The van der Waals surface area contributed by atoms with Crippen molar-refractivity contribution in [3.63, 3.8) is 0 Å². The zero-order chi connectivity index (χ0) is 15.6. The molecule has 1 unspecified atom stereocenters. The Kier molecular flexibility index (Phi) is 4.18. The number of aromatic nitrogens is 1. The molecule has 4 heterocycles. The quantitative estimate of drug-likeness (QED) is 0.847. The van der Waals surface area contributed by atoms with E-state index in [2.05, 4.69) is 27.4 Å². The predicted octanol–water partition coefficient (Wildman–Crippen LogP) is 2.37. The lowest BCUT2D eigenvalue weighted by Gasteiger charge is -2.36. The van der Waals surface area contributed by atoms with Crippen LogP contribution in [0.3, 0.4) is 0 Å². The smallest absolute Gasteiger partial charge is 0.227 e. The second kappa shape index (κ2) is 6.45. The number of thiophene rings is 1. The highest BCUT2D eigenvalue weighted by atomic mass is 32.1. The molecule has 23 heavy (non-hydrogen) atoms. The number of piperidine rings is 1. The third kappa shape index (κ3) is 2.93. The van der Waals surface area contributed by atoms with Crippen LogP contribution in [0.2, 0.25) is 0 Å². The minimum Gasteiger partial charge on any atom is -0.378 e. The first kappa shape index (κ1) is 14.9. The van der Waals surface area contributed by atoms with Crippen molar-refractivity contribution in [3.05, 3.63) is 23.7 Å². The predicted molar refractivity (Wildman–Crippen MR) is 92.0 cm³/mol. The standard InChI is InChI=1S/C17H21N3O2S/c21-17(19-7-9-22-10-8-19)13-2-1-6-20(12-13)16-14-4-11-23-15(14)3-5-18-16/h3-5,11,13H,1-2,6-10,12H2. The fraction of sp³-hybridized carbons (Fsp3) is 0.529. The summed E-state index contributed by atoms with van der Waals surface area (Å²) in [6.07, 6.45) is 3.90. The molecule has 0 radical (unpaired) electrons. The van der Waals surface area contributed by atoms with Crippen LogP contribution in [0.1, 0.15) is 12.8 Å². The summed E-state index contributed by atoms with van der Waals surface area (Å²) in [4.78, 5) is 21.6. The molecule has 2 aromatic heterocycles. The van der Waals surface area contributed by atoms with Gasteiger partial charge in [-0.05, 0) is 30.4 Å². The van der Waals surface area contributed by atoms with E-state index in [1.165, 1.54) is 10.1 Å². The molecule has 2 aromatic rings. The molecule has 2 aliphatic heterocycles. The van der Waals surface area contributed by atoms with Gasteiger partial charge in [0.2, 0.25) is 5.91 Å². The lowest BCUT2D eigenvalue weighted by atomic mass is 9.96. The SMILES string of the molecule is O=C(C1CCCN(c2nccc3sccc23)C1)N1CCOCC1. The summed E-state index contributed by atoms with van der Waals surface area (Å²) < 4.78 is 6.61. The second-order valence-electron chi connectivity index (χ2n) is 6.19. The second-order valence-corrected chi connectivity index (χ2v) is 7.14. The highest BCUT2D eigenvalue weighted by Crippen LogP contribution is 2.31. The zero-order valence-corrected chi connectivity index (χ0v) is 13.9. The molecule has 1 atom stereocenters. The number of hydrogen-bond acceptors (Lipinski definition) is 5. The monoisotopic (exact) mass is 331 g/mol. The van der Waals surface area contributed by atoms with Crippen molar-refractivity contribution in [2.24, 2.45) is 5.92 Å². The van der Waals surface area contributed by atoms with Gasteiger partial charge in [-0.2, -0.15) is 0 Å². The zero-order valence-electron chi connectivity index (χ0n) is 13.1. The summed E-state index contributed by atoms with van der Waals surface area (Å²) in [6, 6.07) is 4.19. The number of fused-ring (bicyclic) bond motifs is 1. The van der Waals surface area contributed by atoms with Gasteiger partial charge in [-0.25, -0.2) is 4.98 Å². The summed E-state index contributed by atoms with van der Waals surface area (Å²) in [6.45, 7) is 4.55. The van der Waals surface area contributed by atoms with Gasteiger partial charge in [-0.15, -0.1) is 11.3 Å². The number of carbonyl (C=O) groups is 1. The van der Waals surface area contributed by atoms with Gasteiger partial charge in [0.15, 0.2) is 0 Å². The molecule has 0 spiro atoms. The van der Waals surface area contributed by atoms with Crippen LogP contribution in [0, 0.1) is 5.92 Å². The maximum absolute atomic E-state index is 12.8. The van der Waals surface area contributed by atoms with Crippen molar-refractivity contribution in [2.75, 3.05) is 44.3 Å². The molecular formula is C17H21N3O2S. The summed E-state index contributed by atoms with van der Waals surface area (Å²) in [5, 5.41) is 3.31. The minimum atomic E-state index is 0.0811. The van der Waals surface area contributed by atoms with Crippen LogP contribution < -0.4 is 4.90 Å².